The summed E-state index contributed by atoms with van der Waals surface area (Å²) in [6.07, 6.45) is 1.36. The molecule has 1 N–H and O–H groups in total. The zero-order valence-corrected chi connectivity index (χ0v) is 14.8. The van der Waals surface area contributed by atoms with Crippen LogP contribution in [0.25, 0.3) is 0 Å². The van der Waals surface area contributed by atoms with E-state index in [-0.39, 0.29) is 18.0 Å². The molecule has 0 aliphatic rings. The van der Waals surface area contributed by atoms with Crippen molar-refractivity contribution >= 4 is 23.5 Å². The molecule has 138 valence electrons. The van der Waals surface area contributed by atoms with E-state index in [0.717, 1.165) is 0 Å². The molecule has 26 heavy (non-hydrogen) atoms. The Hall–Kier alpha value is -3.29. The van der Waals surface area contributed by atoms with Crippen LogP contribution in [0.1, 0.15) is 16.1 Å². The zero-order chi connectivity index (χ0) is 19.1. The molecule has 0 radical (unpaired) electrons. The van der Waals surface area contributed by atoms with Crippen LogP contribution in [-0.4, -0.2) is 50.0 Å². The van der Waals surface area contributed by atoms with E-state index in [1.165, 1.54) is 31.4 Å². The molecule has 2 rings (SSSR count). The van der Waals surface area contributed by atoms with Crippen LogP contribution in [0, 0.1) is 6.92 Å². The van der Waals surface area contributed by atoms with Gasteiger partial charge in [0.15, 0.2) is 6.61 Å². The standard InChI is InChI=1S/C18H20N2O6/c1-12-15(7-8-25-12)18(23)26-11-17(22)20(2)10-16(21)19-13-5-4-6-14(9-13)24-3/h4-9H,10-11H2,1-3H3,(H,19,21). The minimum atomic E-state index is -0.654. The van der Waals surface area contributed by atoms with Crippen LogP contribution >= 0.6 is 0 Å². The number of esters is 1. The molecule has 2 amide bonds. The molecule has 1 aromatic carbocycles. The Morgan fingerprint density at radius 2 is 2.00 bits per heavy atom. The van der Waals surface area contributed by atoms with E-state index >= 15 is 0 Å². The van der Waals surface area contributed by atoms with Gasteiger partial charge >= 0.3 is 5.97 Å². The number of aryl methyl sites for hydroxylation is 1. The molecule has 1 heterocycles. The van der Waals surface area contributed by atoms with Crippen LogP contribution in [0.4, 0.5) is 5.69 Å². The molecule has 0 bridgehead atoms. The van der Waals surface area contributed by atoms with Gasteiger partial charge in [0.1, 0.15) is 17.1 Å². The predicted molar refractivity (Wildman–Crippen MR) is 93.0 cm³/mol. The predicted octanol–water partition coefficient (Wildman–Crippen LogP) is 1.85. The van der Waals surface area contributed by atoms with Gasteiger partial charge in [-0.25, -0.2) is 4.79 Å². The van der Waals surface area contributed by atoms with Gasteiger partial charge in [-0.15, -0.1) is 0 Å². The van der Waals surface area contributed by atoms with Crippen molar-refractivity contribution in [1.29, 1.82) is 0 Å². The fraction of sp³-hybridized carbons (Fsp3) is 0.278. The van der Waals surface area contributed by atoms with E-state index in [4.69, 9.17) is 13.9 Å². The minimum absolute atomic E-state index is 0.182. The van der Waals surface area contributed by atoms with Gasteiger partial charge in [0.05, 0.1) is 19.9 Å². The van der Waals surface area contributed by atoms with Crippen LogP contribution < -0.4 is 10.1 Å². The van der Waals surface area contributed by atoms with Gasteiger partial charge in [-0.3, -0.25) is 9.59 Å². The van der Waals surface area contributed by atoms with Crippen LogP contribution in [0.15, 0.2) is 41.0 Å². The van der Waals surface area contributed by atoms with Crippen LogP contribution in [-0.2, 0) is 14.3 Å². The Morgan fingerprint density at radius 3 is 2.65 bits per heavy atom. The molecular weight excluding hydrogens is 340 g/mol. The van der Waals surface area contributed by atoms with Gasteiger partial charge in [-0.2, -0.15) is 0 Å². The average molecular weight is 360 g/mol. The highest BCUT2D eigenvalue weighted by atomic mass is 16.5. The maximum Gasteiger partial charge on any atom is 0.342 e. The smallest absolute Gasteiger partial charge is 0.342 e. The lowest BCUT2D eigenvalue weighted by molar-refractivity contribution is -0.136. The third-order valence-electron chi connectivity index (χ3n) is 3.57. The van der Waals surface area contributed by atoms with Crippen LogP contribution in [0.3, 0.4) is 0 Å². The molecule has 0 aliphatic heterocycles. The van der Waals surface area contributed by atoms with E-state index in [9.17, 15) is 14.4 Å². The lowest BCUT2D eigenvalue weighted by atomic mass is 10.3. The fourth-order valence-electron chi connectivity index (χ4n) is 2.12. The van der Waals surface area contributed by atoms with Crippen LogP contribution in [0.2, 0.25) is 0 Å². The number of anilines is 1. The summed E-state index contributed by atoms with van der Waals surface area (Å²) in [6.45, 7) is 0.970. The molecule has 0 saturated carbocycles. The summed E-state index contributed by atoms with van der Waals surface area (Å²) in [4.78, 5) is 37.1. The monoisotopic (exact) mass is 360 g/mol. The van der Waals surface area contributed by atoms with Gasteiger partial charge in [0.25, 0.3) is 5.91 Å². The van der Waals surface area contributed by atoms with Crippen molar-refractivity contribution in [2.24, 2.45) is 0 Å². The second kappa shape index (κ2) is 8.70. The van der Waals surface area contributed by atoms with E-state index < -0.39 is 18.5 Å². The van der Waals surface area contributed by atoms with Crippen molar-refractivity contribution in [3.05, 3.63) is 47.9 Å². The van der Waals surface area contributed by atoms with Crippen molar-refractivity contribution < 1.29 is 28.3 Å². The number of nitrogens with zero attached hydrogens (tertiary/aromatic N) is 1. The lowest BCUT2D eigenvalue weighted by Gasteiger charge is -2.17. The second-order valence-electron chi connectivity index (χ2n) is 5.50. The molecule has 0 atom stereocenters. The lowest BCUT2D eigenvalue weighted by Crippen LogP contribution is -2.37. The first kappa shape index (κ1) is 19.0. The molecule has 8 heteroatoms. The summed E-state index contributed by atoms with van der Waals surface area (Å²) in [5, 5.41) is 2.66. The highest BCUT2D eigenvalue weighted by Gasteiger charge is 2.18. The van der Waals surface area contributed by atoms with E-state index in [0.29, 0.717) is 17.2 Å². The Bertz CT molecular complexity index is 798. The number of carbonyl (C=O) groups is 3. The van der Waals surface area contributed by atoms with Gasteiger partial charge in [-0.1, -0.05) is 6.07 Å². The number of likely N-dealkylation sites (N-methyl/N-ethyl adjacent to an activating group) is 1. The Balaban J connectivity index is 1.81. The quantitative estimate of drug-likeness (QED) is 0.757. The number of hydrogen-bond acceptors (Lipinski definition) is 6. The maximum atomic E-state index is 12.0. The molecule has 8 nitrogen and oxygen atoms in total. The van der Waals surface area contributed by atoms with Gasteiger partial charge in [0.2, 0.25) is 5.91 Å². The van der Waals surface area contributed by atoms with Crippen molar-refractivity contribution in [3.8, 4) is 5.75 Å². The number of ether oxygens (including phenoxy) is 2. The first-order valence-corrected chi connectivity index (χ1v) is 7.79. The van der Waals surface area contributed by atoms with E-state index in [2.05, 4.69) is 5.32 Å². The summed E-state index contributed by atoms with van der Waals surface area (Å²) in [7, 11) is 2.98. The first-order valence-electron chi connectivity index (χ1n) is 7.79. The topological polar surface area (TPSA) is 98.1 Å². The highest BCUT2D eigenvalue weighted by molar-refractivity contribution is 5.95. The summed E-state index contributed by atoms with van der Waals surface area (Å²) >= 11 is 0. The summed E-state index contributed by atoms with van der Waals surface area (Å²) in [5.74, 6) is -0.521. The Labute approximate surface area is 150 Å². The molecule has 0 aliphatic carbocycles. The average Bonchev–Trinajstić information content (AvgIpc) is 3.05. The Morgan fingerprint density at radius 1 is 1.23 bits per heavy atom. The SMILES string of the molecule is COc1cccc(NC(=O)CN(C)C(=O)COC(=O)c2ccoc2C)c1. The molecular formula is C18H20N2O6. The van der Waals surface area contributed by atoms with Crippen molar-refractivity contribution in [2.45, 2.75) is 6.92 Å². The molecule has 0 spiro atoms. The molecule has 0 fully saturated rings. The van der Waals surface area contributed by atoms with E-state index in [1.807, 2.05) is 0 Å². The van der Waals surface area contributed by atoms with Gasteiger partial charge < -0.3 is 24.1 Å². The van der Waals surface area contributed by atoms with Crippen LogP contribution in [0.5, 0.6) is 5.75 Å². The van der Waals surface area contributed by atoms with Gasteiger partial charge in [-0.05, 0) is 25.1 Å². The van der Waals surface area contributed by atoms with Gasteiger partial charge in [0, 0.05) is 18.8 Å². The van der Waals surface area contributed by atoms with Crippen molar-refractivity contribution in [1.82, 2.24) is 4.90 Å². The number of carbonyl (C=O) groups excluding carboxylic acids is 3. The third kappa shape index (κ3) is 5.10. The molecule has 0 saturated heterocycles. The number of amides is 2. The zero-order valence-electron chi connectivity index (χ0n) is 14.8. The maximum absolute atomic E-state index is 12.0. The summed E-state index contributed by atoms with van der Waals surface area (Å²) < 4.78 is 15.0. The number of furan rings is 1. The van der Waals surface area contributed by atoms with Crippen molar-refractivity contribution in [2.75, 3.05) is 32.6 Å². The Kier molecular flexibility index (Phi) is 6.37. The number of hydrogen-bond donors (Lipinski definition) is 1. The molecule has 1 aromatic heterocycles. The number of methoxy groups -OCH3 is 1. The summed E-state index contributed by atoms with van der Waals surface area (Å²) in [5.41, 5.74) is 0.813. The third-order valence-corrected chi connectivity index (χ3v) is 3.57. The number of benzene rings is 1. The normalized spacial score (nSPS) is 10.1. The summed E-state index contributed by atoms with van der Waals surface area (Å²) in [6, 6.07) is 8.32. The highest BCUT2D eigenvalue weighted by Crippen LogP contribution is 2.16. The first-order chi connectivity index (χ1) is 12.4. The second-order valence-corrected chi connectivity index (χ2v) is 5.50. The van der Waals surface area contributed by atoms with Crippen molar-refractivity contribution in [3.63, 3.8) is 0 Å². The minimum Gasteiger partial charge on any atom is -0.497 e. The molecule has 2 aromatic rings. The number of nitrogens with one attached hydrogen (secondary N) is 1. The number of rotatable bonds is 7. The van der Waals surface area contributed by atoms with E-state index in [1.54, 1.807) is 31.2 Å². The largest absolute Gasteiger partial charge is 0.497 e. The fourth-order valence-corrected chi connectivity index (χ4v) is 2.12. The molecule has 0 unspecified atom stereocenters.